The van der Waals surface area contributed by atoms with Gasteiger partial charge in [-0.1, -0.05) is 20.8 Å². The molecule has 2 bridgehead atoms. The molecule has 14 heteroatoms. The topological polar surface area (TPSA) is 169 Å². The average Bonchev–Trinajstić information content (AvgIpc) is 3.92. The van der Waals surface area contributed by atoms with E-state index in [1.54, 1.807) is 33.9 Å². The summed E-state index contributed by atoms with van der Waals surface area (Å²) in [6, 6.07) is 6.55. The monoisotopic (exact) mass is 695 g/mol. The zero-order valence-corrected chi connectivity index (χ0v) is 29.1. The van der Waals surface area contributed by atoms with Crippen molar-refractivity contribution < 1.29 is 28.3 Å². The molecule has 0 spiro atoms. The molecule has 5 heterocycles. The first-order valence-electron chi connectivity index (χ1n) is 17.6. The molecular weight excluding hydrogens is 654 g/mol. The van der Waals surface area contributed by atoms with Gasteiger partial charge in [0.2, 0.25) is 28.8 Å². The van der Waals surface area contributed by atoms with Gasteiger partial charge in [0.15, 0.2) is 17.5 Å². The SMILES string of the molecule is CCc1c(N2CCN(C(=O)c3c(O)ccc4ncoc34)CC2)c(=O)c2nc(-c3ccnc(OC)c3)oc2n1CC(=O)NC1CC2(C(C)C)CC1C2. The molecule has 4 fully saturated rings. The van der Waals surface area contributed by atoms with E-state index >= 15 is 0 Å². The Morgan fingerprint density at radius 2 is 1.90 bits per heavy atom. The molecule has 9 rings (SSSR count). The number of fused-ring (bicyclic) bond motifs is 3. The van der Waals surface area contributed by atoms with E-state index in [-0.39, 0.29) is 76.9 Å². The lowest BCUT2D eigenvalue weighted by atomic mass is 9.63. The van der Waals surface area contributed by atoms with Crippen LogP contribution in [0.15, 0.2) is 50.5 Å². The van der Waals surface area contributed by atoms with Gasteiger partial charge in [-0.15, -0.1) is 0 Å². The number of rotatable bonds is 9. The highest BCUT2D eigenvalue weighted by Gasteiger charge is 2.57. The minimum Gasteiger partial charge on any atom is -0.507 e. The van der Waals surface area contributed by atoms with Crippen molar-refractivity contribution in [3.63, 3.8) is 0 Å². The summed E-state index contributed by atoms with van der Waals surface area (Å²) in [7, 11) is 1.52. The van der Waals surface area contributed by atoms with Crippen molar-refractivity contribution >= 4 is 39.8 Å². The number of pyridine rings is 2. The first-order valence-corrected chi connectivity index (χ1v) is 17.6. The molecule has 0 radical (unpaired) electrons. The van der Waals surface area contributed by atoms with Crippen LogP contribution in [-0.2, 0) is 17.8 Å². The van der Waals surface area contributed by atoms with Gasteiger partial charge < -0.3 is 38.4 Å². The predicted octanol–water partition coefficient (Wildman–Crippen LogP) is 4.37. The maximum Gasteiger partial charge on any atom is 0.261 e. The molecule has 1 atom stereocenters. The number of aromatic nitrogens is 4. The van der Waals surface area contributed by atoms with E-state index in [9.17, 15) is 19.5 Å². The number of anilines is 1. The van der Waals surface area contributed by atoms with Crippen LogP contribution in [0.2, 0.25) is 0 Å². The Morgan fingerprint density at radius 1 is 1.12 bits per heavy atom. The molecule has 2 amide bonds. The van der Waals surface area contributed by atoms with Gasteiger partial charge in [0.05, 0.1) is 7.11 Å². The van der Waals surface area contributed by atoms with E-state index in [1.807, 2.05) is 11.8 Å². The Morgan fingerprint density at radius 3 is 2.61 bits per heavy atom. The maximum absolute atomic E-state index is 14.4. The summed E-state index contributed by atoms with van der Waals surface area (Å²) in [5.74, 6) is 0.930. The number of oxazole rings is 2. The fraction of sp³-hybridized carbons (Fsp3) is 0.459. The second-order valence-corrected chi connectivity index (χ2v) is 14.3. The molecule has 14 nitrogen and oxygen atoms in total. The summed E-state index contributed by atoms with van der Waals surface area (Å²) in [4.78, 5) is 58.4. The van der Waals surface area contributed by atoms with Crippen molar-refractivity contribution in [3.05, 3.63) is 58.3 Å². The van der Waals surface area contributed by atoms with E-state index in [0.717, 1.165) is 19.3 Å². The molecule has 1 saturated heterocycles. The zero-order chi connectivity index (χ0) is 35.6. The average molecular weight is 696 g/mol. The van der Waals surface area contributed by atoms with Crippen LogP contribution >= 0.6 is 0 Å². The molecule has 2 N–H and O–H groups in total. The summed E-state index contributed by atoms with van der Waals surface area (Å²) >= 11 is 0. The smallest absolute Gasteiger partial charge is 0.261 e. The van der Waals surface area contributed by atoms with E-state index in [2.05, 4.69) is 34.1 Å². The van der Waals surface area contributed by atoms with Crippen LogP contribution in [0, 0.1) is 17.3 Å². The molecule has 266 valence electrons. The molecule has 51 heavy (non-hydrogen) atoms. The van der Waals surface area contributed by atoms with E-state index in [0.29, 0.717) is 65.1 Å². The van der Waals surface area contributed by atoms with Gasteiger partial charge in [-0.25, -0.2) is 15.0 Å². The standard InChI is InChI=1S/C37H41N7O7/c1-5-25-31(42-10-12-43(13-11-42)35(48)29-26(45)7-6-23-33(29)50-19-39-23)32(47)30-36(51-34(41-30)21-8-9-38-28(14-21)49-4)44(25)18-27(46)40-24-17-37(20(2)3)15-22(24)16-37/h6-9,14,19-20,22,24,45H,5,10-13,15-18H2,1-4H3,(H,40,46). The fourth-order valence-electron chi connectivity index (χ4n) is 8.49. The van der Waals surface area contributed by atoms with Gasteiger partial charge in [0.25, 0.3) is 5.91 Å². The van der Waals surface area contributed by atoms with E-state index in [4.69, 9.17) is 13.6 Å². The van der Waals surface area contributed by atoms with E-state index in [1.165, 1.54) is 19.6 Å². The quantitative estimate of drug-likeness (QED) is 0.225. The number of benzene rings is 1. The molecule has 1 aromatic carbocycles. The van der Waals surface area contributed by atoms with Gasteiger partial charge >= 0.3 is 0 Å². The summed E-state index contributed by atoms with van der Waals surface area (Å²) in [6.45, 7) is 7.68. The lowest BCUT2D eigenvalue weighted by Crippen LogP contribution is -2.50. The number of nitrogens with zero attached hydrogens (tertiary/aromatic N) is 6. The van der Waals surface area contributed by atoms with Crippen LogP contribution in [0.5, 0.6) is 11.6 Å². The largest absolute Gasteiger partial charge is 0.507 e. The maximum atomic E-state index is 14.4. The number of amides is 2. The van der Waals surface area contributed by atoms with Crippen LogP contribution in [-0.4, -0.2) is 80.7 Å². The number of aromatic hydroxyl groups is 1. The molecule has 1 aliphatic heterocycles. The number of hydrogen-bond acceptors (Lipinski definition) is 11. The molecule has 3 saturated carbocycles. The van der Waals surface area contributed by atoms with Gasteiger partial charge in [-0.05, 0) is 61.1 Å². The van der Waals surface area contributed by atoms with Crippen molar-refractivity contribution in [2.45, 2.75) is 59.0 Å². The first kappa shape index (κ1) is 32.8. The lowest BCUT2D eigenvalue weighted by Gasteiger charge is -2.42. The normalized spacial score (nSPS) is 21.4. The van der Waals surface area contributed by atoms with Crippen molar-refractivity contribution in [2.75, 3.05) is 38.2 Å². The number of carbonyl (C=O) groups excluding carboxylic acids is 2. The van der Waals surface area contributed by atoms with Crippen molar-refractivity contribution in [1.82, 2.24) is 29.7 Å². The van der Waals surface area contributed by atoms with Crippen LogP contribution < -0.4 is 20.4 Å². The molecule has 3 aliphatic carbocycles. The van der Waals surface area contributed by atoms with Gasteiger partial charge in [-0.2, -0.15) is 0 Å². The molecule has 1 unspecified atom stereocenters. The Labute approximate surface area is 293 Å². The number of hydrogen-bond donors (Lipinski definition) is 2. The Kier molecular flexibility index (Phi) is 7.99. The van der Waals surface area contributed by atoms with Crippen LogP contribution in [0.25, 0.3) is 33.8 Å². The molecular formula is C37H41N7O7. The second-order valence-electron chi connectivity index (χ2n) is 14.3. The minimum atomic E-state index is -0.382. The summed E-state index contributed by atoms with van der Waals surface area (Å²) in [6.07, 6.45) is 6.52. The molecule has 5 aromatic rings. The second kappa shape index (κ2) is 12.4. The fourth-order valence-corrected chi connectivity index (χ4v) is 8.49. The molecule has 4 aromatic heterocycles. The highest BCUT2D eigenvalue weighted by molar-refractivity contribution is 6.06. The van der Waals surface area contributed by atoms with Gasteiger partial charge in [0, 0.05) is 55.7 Å². The third kappa shape index (κ3) is 5.38. The number of nitrogens with one attached hydrogen (secondary N) is 1. The third-order valence-corrected chi connectivity index (χ3v) is 11.4. The zero-order valence-electron chi connectivity index (χ0n) is 29.1. The van der Waals surface area contributed by atoms with Crippen LogP contribution in [0.3, 0.4) is 0 Å². The third-order valence-electron chi connectivity index (χ3n) is 11.4. The van der Waals surface area contributed by atoms with Gasteiger partial charge in [-0.3, -0.25) is 14.4 Å². The summed E-state index contributed by atoms with van der Waals surface area (Å²) < 4.78 is 18.8. The number of methoxy groups -OCH3 is 1. The van der Waals surface area contributed by atoms with Crippen LogP contribution in [0.1, 0.15) is 56.1 Å². The lowest BCUT2D eigenvalue weighted by molar-refractivity contribution is -0.122. The summed E-state index contributed by atoms with van der Waals surface area (Å²) in [5.41, 5.74) is 2.75. The van der Waals surface area contributed by atoms with Crippen molar-refractivity contribution in [1.29, 1.82) is 0 Å². The highest BCUT2D eigenvalue weighted by atomic mass is 16.5. The van der Waals surface area contributed by atoms with Crippen LogP contribution in [0.4, 0.5) is 5.69 Å². The number of ether oxygens (including phenoxy) is 1. The first-order chi connectivity index (χ1) is 24.6. The number of phenols is 1. The van der Waals surface area contributed by atoms with Gasteiger partial charge in [0.1, 0.15) is 29.1 Å². The number of carbonyl (C=O) groups is 2. The van der Waals surface area contributed by atoms with Crippen molar-refractivity contribution in [2.24, 2.45) is 17.3 Å². The Bertz CT molecular complexity index is 2220. The Hall–Kier alpha value is -5.40. The molecule has 4 aliphatic rings. The highest BCUT2D eigenvalue weighted by Crippen LogP contribution is 2.62. The Balaban J connectivity index is 1.13. The predicted molar refractivity (Wildman–Crippen MR) is 188 cm³/mol. The van der Waals surface area contributed by atoms with Crippen molar-refractivity contribution in [3.8, 4) is 23.1 Å². The number of phenolic OH excluding ortho intramolecular Hbond substituents is 1. The summed E-state index contributed by atoms with van der Waals surface area (Å²) in [5, 5.41) is 13.9. The van der Waals surface area contributed by atoms with E-state index < -0.39 is 0 Å². The number of piperazine rings is 1. The minimum absolute atomic E-state index is 0.0436.